The molecular weight excluding hydrogens is 369 g/mol. The standard InChI is InChI=1S/C19H13Cl2N5/c20-13-2-1-3-14(8-13)26-19-15-6-11(4-5-17(15)24-10-25-19)12-7-16(22)18(21)23-9-12/h1-10H,22H2,(H,24,25,26). The van der Waals surface area contributed by atoms with Crippen LogP contribution in [0.4, 0.5) is 17.2 Å². The van der Waals surface area contributed by atoms with Crippen LogP contribution in [-0.2, 0) is 0 Å². The van der Waals surface area contributed by atoms with Gasteiger partial charge in [-0.25, -0.2) is 15.0 Å². The van der Waals surface area contributed by atoms with Crippen LogP contribution in [0.2, 0.25) is 10.2 Å². The normalized spacial score (nSPS) is 10.8. The summed E-state index contributed by atoms with van der Waals surface area (Å²) in [4.78, 5) is 12.8. The molecule has 0 atom stereocenters. The molecule has 2 aromatic carbocycles. The van der Waals surface area contributed by atoms with E-state index in [0.717, 1.165) is 27.7 Å². The Hall–Kier alpha value is -2.89. The van der Waals surface area contributed by atoms with Gasteiger partial charge < -0.3 is 11.1 Å². The lowest BCUT2D eigenvalue weighted by molar-refractivity contribution is 1.22. The minimum Gasteiger partial charge on any atom is -0.396 e. The molecular formula is C19H13Cl2N5. The van der Waals surface area contributed by atoms with Crippen molar-refractivity contribution in [1.82, 2.24) is 15.0 Å². The Kier molecular flexibility index (Phi) is 4.32. The lowest BCUT2D eigenvalue weighted by Crippen LogP contribution is -1.96. The number of anilines is 3. The molecule has 0 amide bonds. The van der Waals surface area contributed by atoms with E-state index in [0.29, 0.717) is 21.7 Å². The molecule has 26 heavy (non-hydrogen) atoms. The van der Waals surface area contributed by atoms with Gasteiger partial charge in [0.1, 0.15) is 12.1 Å². The number of hydrogen-bond acceptors (Lipinski definition) is 5. The molecule has 0 unspecified atom stereocenters. The molecule has 128 valence electrons. The number of nitrogens with zero attached hydrogens (tertiary/aromatic N) is 3. The quantitative estimate of drug-likeness (QED) is 0.469. The van der Waals surface area contributed by atoms with Gasteiger partial charge in [0.25, 0.3) is 0 Å². The van der Waals surface area contributed by atoms with Gasteiger partial charge in [0.2, 0.25) is 0 Å². The van der Waals surface area contributed by atoms with E-state index in [4.69, 9.17) is 28.9 Å². The highest BCUT2D eigenvalue weighted by Gasteiger charge is 2.08. The molecule has 2 heterocycles. The first-order valence-corrected chi connectivity index (χ1v) is 8.54. The number of rotatable bonds is 3. The lowest BCUT2D eigenvalue weighted by Gasteiger charge is -2.10. The van der Waals surface area contributed by atoms with Crippen LogP contribution in [0.1, 0.15) is 0 Å². The monoisotopic (exact) mass is 381 g/mol. The Bertz CT molecular complexity index is 1110. The lowest BCUT2D eigenvalue weighted by atomic mass is 10.0. The van der Waals surface area contributed by atoms with Gasteiger partial charge in [-0.15, -0.1) is 0 Å². The predicted octanol–water partition coefficient (Wildman–Crippen LogP) is 5.32. The van der Waals surface area contributed by atoms with E-state index in [1.165, 1.54) is 6.33 Å². The minimum absolute atomic E-state index is 0.293. The number of fused-ring (bicyclic) bond motifs is 1. The summed E-state index contributed by atoms with van der Waals surface area (Å²) in [7, 11) is 0. The van der Waals surface area contributed by atoms with Crippen molar-refractivity contribution in [3.8, 4) is 11.1 Å². The Labute approximate surface area is 159 Å². The number of halogens is 2. The zero-order valence-electron chi connectivity index (χ0n) is 13.4. The van der Waals surface area contributed by atoms with Crippen molar-refractivity contribution in [3.63, 3.8) is 0 Å². The smallest absolute Gasteiger partial charge is 0.151 e. The summed E-state index contributed by atoms with van der Waals surface area (Å²) >= 11 is 12.0. The SMILES string of the molecule is Nc1cc(-c2ccc3ncnc(Nc4cccc(Cl)c4)c3c2)cnc1Cl. The molecule has 0 saturated carbocycles. The third-order valence-corrected chi connectivity index (χ3v) is 4.47. The van der Waals surface area contributed by atoms with Gasteiger partial charge in [-0.1, -0.05) is 35.3 Å². The van der Waals surface area contributed by atoms with E-state index in [1.807, 2.05) is 42.5 Å². The maximum Gasteiger partial charge on any atom is 0.151 e. The van der Waals surface area contributed by atoms with Crippen LogP contribution < -0.4 is 11.1 Å². The minimum atomic E-state index is 0.293. The van der Waals surface area contributed by atoms with Crippen LogP contribution in [0.25, 0.3) is 22.0 Å². The summed E-state index contributed by atoms with van der Waals surface area (Å²) in [5, 5.41) is 5.11. The van der Waals surface area contributed by atoms with Crippen molar-refractivity contribution in [2.24, 2.45) is 0 Å². The average molecular weight is 382 g/mol. The second-order valence-electron chi connectivity index (χ2n) is 5.69. The summed E-state index contributed by atoms with van der Waals surface area (Å²) < 4.78 is 0. The predicted molar refractivity (Wildman–Crippen MR) is 107 cm³/mol. The zero-order valence-corrected chi connectivity index (χ0v) is 15.0. The van der Waals surface area contributed by atoms with Crippen LogP contribution in [0, 0.1) is 0 Å². The molecule has 4 aromatic rings. The maximum absolute atomic E-state index is 6.06. The zero-order chi connectivity index (χ0) is 18.1. The van der Waals surface area contributed by atoms with Gasteiger partial charge in [-0.05, 0) is 42.0 Å². The summed E-state index contributed by atoms with van der Waals surface area (Å²) in [6, 6.07) is 15.1. The van der Waals surface area contributed by atoms with Crippen molar-refractivity contribution >= 4 is 51.3 Å². The van der Waals surface area contributed by atoms with E-state index >= 15 is 0 Å². The van der Waals surface area contributed by atoms with Crippen molar-refractivity contribution < 1.29 is 0 Å². The fourth-order valence-corrected chi connectivity index (χ4v) is 2.96. The molecule has 0 aliphatic heterocycles. The second-order valence-corrected chi connectivity index (χ2v) is 6.49. The molecule has 3 N–H and O–H groups in total. The first kappa shape index (κ1) is 16.6. The third-order valence-electron chi connectivity index (χ3n) is 3.92. The first-order chi connectivity index (χ1) is 12.6. The molecule has 0 spiro atoms. The van der Waals surface area contributed by atoms with Gasteiger partial charge in [0.05, 0.1) is 11.2 Å². The molecule has 0 fully saturated rings. The van der Waals surface area contributed by atoms with Gasteiger partial charge in [-0.3, -0.25) is 0 Å². The summed E-state index contributed by atoms with van der Waals surface area (Å²) in [5.41, 5.74) is 9.79. The Morgan fingerprint density at radius 3 is 2.58 bits per heavy atom. The van der Waals surface area contributed by atoms with E-state index in [9.17, 15) is 0 Å². The molecule has 5 nitrogen and oxygen atoms in total. The average Bonchev–Trinajstić information content (AvgIpc) is 2.64. The molecule has 0 saturated heterocycles. The van der Waals surface area contributed by atoms with Crippen molar-refractivity contribution in [2.75, 3.05) is 11.1 Å². The highest BCUT2D eigenvalue weighted by Crippen LogP contribution is 2.30. The number of benzene rings is 2. The van der Waals surface area contributed by atoms with E-state index in [-0.39, 0.29) is 0 Å². The maximum atomic E-state index is 6.06. The molecule has 0 aliphatic rings. The van der Waals surface area contributed by atoms with Crippen LogP contribution in [0.3, 0.4) is 0 Å². The first-order valence-electron chi connectivity index (χ1n) is 7.79. The highest BCUT2D eigenvalue weighted by atomic mass is 35.5. The number of nitrogen functional groups attached to an aromatic ring is 1. The number of aromatic nitrogens is 3. The number of pyridine rings is 1. The number of nitrogens with two attached hydrogens (primary N) is 1. The molecule has 4 rings (SSSR count). The molecule has 0 bridgehead atoms. The topological polar surface area (TPSA) is 76.7 Å². The fraction of sp³-hybridized carbons (Fsp3) is 0. The summed E-state index contributed by atoms with van der Waals surface area (Å²) in [6.45, 7) is 0. The highest BCUT2D eigenvalue weighted by molar-refractivity contribution is 6.32. The Morgan fingerprint density at radius 1 is 0.885 bits per heavy atom. The molecule has 0 radical (unpaired) electrons. The van der Waals surface area contributed by atoms with Crippen LogP contribution >= 0.6 is 23.2 Å². The second kappa shape index (κ2) is 6.78. The van der Waals surface area contributed by atoms with Gasteiger partial charge in [-0.2, -0.15) is 0 Å². The van der Waals surface area contributed by atoms with Gasteiger partial charge in [0.15, 0.2) is 5.15 Å². The fourth-order valence-electron chi connectivity index (χ4n) is 2.66. The van der Waals surface area contributed by atoms with E-state index < -0.39 is 0 Å². The number of nitrogens with one attached hydrogen (secondary N) is 1. The van der Waals surface area contributed by atoms with Gasteiger partial charge in [0, 0.05) is 27.9 Å². The molecule has 7 heteroatoms. The van der Waals surface area contributed by atoms with Crippen LogP contribution in [-0.4, -0.2) is 15.0 Å². The van der Waals surface area contributed by atoms with E-state index in [1.54, 1.807) is 12.3 Å². The third kappa shape index (κ3) is 3.27. The Morgan fingerprint density at radius 2 is 1.77 bits per heavy atom. The summed E-state index contributed by atoms with van der Waals surface area (Å²) in [5.74, 6) is 0.689. The molecule has 0 aliphatic carbocycles. The van der Waals surface area contributed by atoms with Gasteiger partial charge >= 0.3 is 0 Å². The molecule has 2 aromatic heterocycles. The Balaban J connectivity index is 1.80. The van der Waals surface area contributed by atoms with E-state index in [2.05, 4.69) is 20.3 Å². The van der Waals surface area contributed by atoms with Crippen molar-refractivity contribution in [2.45, 2.75) is 0 Å². The largest absolute Gasteiger partial charge is 0.396 e. The van der Waals surface area contributed by atoms with Crippen molar-refractivity contribution in [1.29, 1.82) is 0 Å². The van der Waals surface area contributed by atoms with Crippen LogP contribution in [0.15, 0.2) is 61.1 Å². The van der Waals surface area contributed by atoms with Crippen LogP contribution in [0.5, 0.6) is 0 Å². The number of hydrogen-bond donors (Lipinski definition) is 2. The summed E-state index contributed by atoms with van der Waals surface area (Å²) in [6.07, 6.45) is 3.21. The van der Waals surface area contributed by atoms with Crippen molar-refractivity contribution in [3.05, 3.63) is 71.2 Å².